The van der Waals surface area contributed by atoms with E-state index >= 15 is 0 Å². The molecule has 1 unspecified atom stereocenters. The molecule has 0 radical (unpaired) electrons. The van der Waals surface area contributed by atoms with Gasteiger partial charge in [0.1, 0.15) is 11.6 Å². The normalized spacial score (nSPS) is 12.2. The highest BCUT2D eigenvalue weighted by atomic mass is 79.9. The summed E-state index contributed by atoms with van der Waals surface area (Å²) in [6.07, 6.45) is 0.897. The standard InChI is InChI=1S/C16H17BrFNO/c1-3-10-6-4-5-7-11(10)16(19)12-8-13(17)14(18)9-15(12)20-2/h4-9,16H,3,19H2,1-2H3. The first kappa shape index (κ1) is 15.0. The van der Waals surface area contributed by atoms with Crippen LogP contribution in [0.5, 0.6) is 5.75 Å². The van der Waals surface area contributed by atoms with Gasteiger partial charge in [0.15, 0.2) is 0 Å². The smallest absolute Gasteiger partial charge is 0.141 e. The summed E-state index contributed by atoms with van der Waals surface area (Å²) in [6, 6.07) is 10.7. The maximum atomic E-state index is 13.6. The van der Waals surface area contributed by atoms with Crippen LogP contribution >= 0.6 is 15.9 Å². The molecule has 0 saturated heterocycles. The summed E-state index contributed by atoms with van der Waals surface area (Å²) in [5.74, 6) is 0.102. The lowest BCUT2D eigenvalue weighted by atomic mass is 9.93. The van der Waals surface area contributed by atoms with Crippen LogP contribution in [-0.4, -0.2) is 7.11 Å². The van der Waals surface area contributed by atoms with Gasteiger partial charge in [0, 0.05) is 11.6 Å². The molecule has 106 valence electrons. The zero-order chi connectivity index (χ0) is 14.7. The summed E-state index contributed by atoms with van der Waals surface area (Å²) < 4.78 is 19.2. The van der Waals surface area contributed by atoms with Gasteiger partial charge in [-0.2, -0.15) is 0 Å². The number of hydrogen-bond acceptors (Lipinski definition) is 2. The van der Waals surface area contributed by atoms with E-state index in [0.29, 0.717) is 10.2 Å². The van der Waals surface area contributed by atoms with Gasteiger partial charge >= 0.3 is 0 Å². The van der Waals surface area contributed by atoms with Crippen LogP contribution in [0.2, 0.25) is 0 Å². The van der Waals surface area contributed by atoms with E-state index in [1.807, 2.05) is 18.2 Å². The van der Waals surface area contributed by atoms with Gasteiger partial charge in [-0.1, -0.05) is 31.2 Å². The molecule has 0 aliphatic heterocycles. The Morgan fingerprint density at radius 2 is 1.95 bits per heavy atom. The highest BCUT2D eigenvalue weighted by Gasteiger charge is 2.18. The third-order valence-corrected chi connectivity index (χ3v) is 3.99. The largest absolute Gasteiger partial charge is 0.496 e. The van der Waals surface area contributed by atoms with Gasteiger partial charge in [-0.15, -0.1) is 0 Å². The zero-order valence-electron chi connectivity index (χ0n) is 11.5. The Hall–Kier alpha value is -1.39. The van der Waals surface area contributed by atoms with Crippen LogP contribution in [0.3, 0.4) is 0 Å². The molecule has 0 aliphatic rings. The maximum Gasteiger partial charge on any atom is 0.141 e. The Labute approximate surface area is 126 Å². The van der Waals surface area contributed by atoms with E-state index in [4.69, 9.17) is 10.5 Å². The van der Waals surface area contributed by atoms with E-state index < -0.39 is 0 Å². The summed E-state index contributed by atoms with van der Waals surface area (Å²) in [6.45, 7) is 2.09. The summed E-state index contributed by atoms with van der Waals surface area (Å²) in [4.78, 5) is 0. The number of rotatable bonds is 4. The fourth-order valence-corrected chi connectivity index (χ4v) is 2.65. The van der Waals surface area contributed by atoms with Crippen molar-refractivity contribution in [2.24, 2.45) is 5.73 Å². The molecule has 0 aliphatic carbocycles. The first-order chi connectivity index (χ1) is 9.58. The Morgan fingerprint density at radius 3 is 2.60 bits per heavy atom. The van der Waals surface area contributed by atoms with Gasteiger partial charge in [0.25, 0.3) is 0 Å². The Kier molecular flexibility index (Phi) is 4.78. The predicted molar refractivity (Wildman–Crippen MR) is 82.5 cm³/mol. The van der Waals surface area contributed by atoms with E-state index in [1.54, 1.807) is 6.07 Å². The number of halogens is 2. The van der Waals surface area contributed by atoms with Crippen LogP contribution in [0.15, 0.2) is 40.9 Å². The molecule has 0 saturated carbocycles. The SMILES string of the molecule is CCc1ccccc1C(N)c1cc(Br)c(F)cc1OC. The van der Waals surface area contributed by atoms with Crippen molar-refractivity contribution in [2.75, 3.05) is 7.11 Å². The monoisotopic (exact) mass is 337 g/mol. The molecular formula is C16H17BrFNO. The molecule has 20 heavy (non-hydrogen) atoms. The Bertz CT molecular complexity index is 615. The number of nitrogens with two attached hydrogens (primary N) is 1. The lowest BCUT2D eigenvalue weighted by Gasteiger charge is -2.19. The van der Waals surface area contributed by atoms with Crippen LogP contribution in [0.4, 0.5) is 4.39 Å². The molecule has 0 spiro atoms. The molecule has 0 aromatic heterocycles. The summed E-state index contributed by atoms with van der Waals surface area (Å²) in [7, 11) is 1.52. The van der Waals surface area contributed by atoms with E-state index in [2.05, 4.69) is 28.9 Å². The van der Waals surface area contributed by atoms with Crippen LogP contribution in [0.1, 0.15) is 29.7 Å². The molecule has 0 fully saturated rings. The first-order valence-electron chi connectivity index (χ1n) is 6.44. The predicted octanol–water partition coefficient (Wildman–Crippen LogP) is 4.21. The van der Waals surface area contributed by atoms with Crippen molar-refractivity contribution in [3.63, 3.8) is 0 Å². The molecule has 0 heterocycles. The number of benzene rings is 2. The maximum absolute atomic E-state index is 13.6. The van der Waals surface area contributed by atoms with E-state index in [1.165, 1.54) is 18.7 Å². The van der Waals surface area contributed by atoms with Gasteiger partial charge < -0.3 is 10.5 Å². The second-order valence-corrected chi connectivity index (χ2v) is 5.39. The molecule has 2 aromatic carbocycles. The molecule has 1 atom stereocenters. The minimum absolute atomic E-state index is 0.349. The van der Waals surface area contributed by atoms with Gasteiger partial charge in [-0.3, -0.25) is 0 Å². The Balaban J connectivity index is 2.52. The molecule has 2 nitrogen and oxygen atoms in total. The average molecular weight is 338 g/mol. The van der Waals surface area contributed by atoms with Crippen LogP contribution < -0.4 is 10.5 Å². The molecular weight excluding hydrogens is 321 g/mol. The van der Waals surface area contributed by atoms with Crippen molar-refractivity contribution >= 4 is 15.9 Å². The second kappa shape index (κ2) is 6.37. The van der Waals surface area contributed by atoms with Crippen molar-refractivity contribution < 1.29 is 9.13 Å². The number of ether oxygens (including phenoxy) is 1. The second-order valence-electron chi connectivity index (χ2n) is 4.54. The van der Waals surface area contributed by atoms with Crippen LogP contribution in [0.25, 0.3) is 0 Å². The van der Waals surface area contributed by atoms with Gasteiger partial charge in [-0.05, 0) is 39.5 Å². The molecule has 0 amide bonds. The van der Waals surface area contributed by atoms with Gasteiger partial charge in [0.2, 0.25) is 0 Å². The van der Waals surface area contributed by atoms with Crippen molar-refractivity contribution in [3.05, 3.63) is 63.4 Å². The average Bonchev–Trinajstić information content (AvgIpc) is 2.48. The number of aryl methyl sites for hydroxylation is 1. The fraction of sp³-hybridized carbons (Fsp3) is 0.250. The van der Waals surface area contributed by atoms with Crippen LogP contribution in [0, 0.1) is 5.82 Å². The van der Waals surface area contributed by atoms with Gasteiger partial charge in [-0.25, -0.2) is 4.39 Å². The third kappa shape index (κ3) is 2.86. The first-order valence-corrected chi connectivity index (χ1v) is 7.24. The molecule has 2 aromatic rings. The molecule has 0 bridgehead atoms. The number of hydrogen-bond donors (Lipinski definition) is 1. The van der Waals surface area contributed by atoms with Crippen molar-refractivity contribution in [1.82, 2.24) is 0 Å². The molecule has 4 heteroatoms. The Morgan fingerprint density at radius 1 is 1.25 bits per heavy atom. The highest BCUT2D eigenvalue weighted by molar-refractivity contribution is 9.10. The van der Waals surface area contributed by atoms with E-state index in [-0.39, 0.29) is 11.9 Å². The molecule has 2 N–H and O–H groups in total. The lowest BCUT2D eigenvalue weighted by molar-refractivity contribution is 0.404. The van der Waals surface area contributed by atoms with Crippen molar-refractivity contribution in [3.8, 4) is 5.75 Å². The number of methoxy groups -OCH3 is 1. The van der Waals surface area contributed by atoms with Crippen LogP contribution in [-0.2, 0) is 6.42 Å². The third-order valence-electron chi connectivity index (χ3n) is 3.38. The fourth-order valence-electron chi connectivity index (χ4n) is 2.29. The zero-order valence-corrected chi connectivity index (χ0v) is 13.1. The lowest BCUT2D eigenvalue weighted by Crippen LogP contribution is -2.15. The summed E-state index contributed by atoms with van der Waals surface area (Å²) in [5.41, 5.74) is 9.35. The minimum atomic E-state index is -0.360. The highest BCUT2D eigenvalue weighted by Crippen LogP contribution is 2.33. The van der Waals surface area contributed by atoms with E-state index in [0.717, 1.165) is 17.5 Å². The topological polar surface area (TPSA) is 35.2 Å². The minimum Gasteiger partial charge on any atom is -0.496 e. The van der Waals surface area contributed by atoms with Gasteiger partial charge in [0.05, 0.1) is 17.6 Å². The van der Waals surface area contributed by atoms with Crippen molar-refractivity contribution in [2.45, 2.75) is 19.4 Å². The summed E-state index contributed by atoms with van der Waals surface area (Å²) >= 11 is 3.20. The summed E-state index contributed by atoms with van der Waals surface area (Å²) in [5, 5.41) is 0. The quantitative estimate of drug-likeness (QED) is 0.906. The van der Waals surface area contributed by atoms with E-state index in [9.17, 15) is 4.39 Å². The molecule has 2 rings (SSSR count). The van der Waals surface area contributed by atoms with Crippen molar-refractivity contribution in [1.29, 1.82) is 0 Å².